The van der Waals surface area contributed by atoms with Gasteiger partial charge in [-0.1, -0.05) is 5.16 Å². The Bertz CT molecular complexity index is 539. The Morgan fingerprint density at radius 2 is 2.33 bits per heavy atom. The molecule has 0 aliphatic rings. The number of hydrazine groups is 1. The van der Waals surface area contributed by atoms with E-state index in [-0.39, 0.29) is 12.5 Å². The Labute approximate surface area is 103 Å². The molecular weight excluding hydrogens is 236 g/mol. The molecule has 8 heteroatoms. The molecule has 18 heavy (non-hydrogen) atoms. The highest BCUT2D eigenvalue weighted by atomic mass is 16.5. The molecule has 0 unspecified atom stereocenters. The van der Waals surface area contributed by atoms with E-state index in [9.17, 15) is 4.79 Å². The van der Waals surface area contributed by atoms with Crippen molar-refractivity contribution in [2.24, 2.45) is 5.84 Å². The van der Waals surface area contributed by atoms with Crippen molar-refractivity contribution in [1.29, 1.82) is 0 Å². The number of nitrogens with one attached hydrogen (secondary N) is 2. The second-order valence-corrected chi connectivity index (χ2v) is 3.55. The summed E-state index contributed by atoms with van der Waals surface area (Å²) in [6, 6.07) is 1.68. The highest BCUT2D eigenvalue weighted by Gasteiger charge is 2.12. The number of hydrogen-bond donors (Lipinski definition) is 3. The molecule has 0 aliphatic heterocycles. The second kappa shape index (κ2) is 5.23. The molecule has 2 heterocycles. The number of carbonyl (C=O) groups excluding carboxylic acids is 1. The lowest BCUT2D eigenvalue weighted by Crippen LogP contribution is -2.25. The minimum Gasteiger partial charge on any atom is -0.344 e. The predicted octanol–water partition coefficient (Wildman–Crippen LogP) is -0.0114. The number of rotatable bonds is 4. The molecule has 94 valence electrons. The Balaban J connectivity index is 2.09. The maximum Gasteiger partial charge on any atom is 0.255 e. The van der Waals surface area contributed by atoms with Crippen LogP contribution in [0.25, 0.3) is 0 Å². The van der Waals surface area contributed by atoms with Gasteiger partial charge in [0.15, 0.2) is 5.82 Å². The Morgan fingerprint density at radius 3 is 3.00 bits per heavy atom. The zero-order chi connectivity index (χ0) is 13.0. The van der Waals surface area contributed by atoms with Crippen LogP contribution in [0.1, 0.15) is 21.9 Å². The fraction of sp³-hybridized carbons (Fsp3) is 0.200. The van der Waals surface area contributed by atoms with Crippen molar-refractivity contribution in [3.8, 4) is 0 Å². The number of aryl methyl sites for hydroxylation is 1. The first-order valence-corrected chi connectivity index (χ1v) is 5.17. The number of amides is 1. The third-order valence-electron chi connectivity index (χ3n) is 2.25. The molecule has 8 nitrogen and oxygen atoms in total. The molecule has 2 rings (SSSR count). The van der Waals surface area contributed by atoms with Crippen molar-refractivity contribution in [2.45, 2.75) is 13.5 Å². The molecule has 0 aliphatic carbocycles. The van der Waals surface area contributed by atoms with Crippen LogP contribution < -0.4 is 16.6 Å². The van der Waals surface area contributed by atoms with Gasteiger partial charge in [-0.2, -0.15) is 4.98 Å². The SMILES string of the molecule is Cc1cc(NN)c(C(=O)NCc2ncon2)cn1. The molecule has 4 N–H and O–H groups in total. The van der Waals surface area contributed by atoms with Gasteiger partial charge in [0.25, 0.3) is 5.91 Å². The molecule has 0 aromatic carbocycles. The monoisotopic (exact) mass is 248 g/mol. The lowest BCUT2D eigenvalue weighted by Gasteiger charge is -2.08. The number of anilines is 1. The van der Waals surface area contributed by atoms with Crippen LogP contribution in [0.5, 0.6) is 0 Å². The topological polar surface area (TPSA) is 119 Å². The van der Waals surface area contributed by atoms with E-state index >= 15 is 0 Å². The summed E-state index contributed by atoms with van der Waals surface area (Å²) in [5, 5.41) is 6.22. The number of nitrogen functional groups attached to an aromatic ring is 1. The highest BCUT2D eigenvalue weighted by Crippen LogP contribution is 2.14. The van der Waals surface area contributed by atoms with Gasteiger partial charge in [-0.25, -0.2) is 0 Å². The van der Waals surface area contributed by atoms with E-state index < -0.39 is 0 Å². The van der Waals surface area contributed by atoms with E-state index in [1.54, 1.807) is 6.07 Å². The molecule has 0 atom stereocenters. The summed E-state index contributed by atoms with van der Waals surface area (Å²) in [4.78, 5) is 19.7. The van der Waals surface area contributed by atoms with E-state index in [0.717, 1.165) is 5.69 Å². The van der Waals surface area contributed by atoms with Gasteiger partial charge in [0.1, 0.15) is 0 Å². The van der Waals surface area contributed by atoms with E-state index in [0.29, 0.717) is 17.1 Å². The van der Waals surface area contributed by atoms with Gasteiger partial charge in [-0.05, 0) is 13.0 Å². The van der Waals surface area contributed by atoms with Crippen molar-refractivity contribution < 1.29 is 9.32 Å². The number of nitrogens with zero attached hydrogens (tertiary/aromatic N) is 3. The molecule has 2 aromatic heterocycles. The maximum atomic E-state index is 11.9. The highest BCUT2D eigenvalue weighted by molar-refractivity contribution is 5.99. The number of carbonyl (C=O) groups is 1. The largest absolute Gasteiger partial charge is 0.344 e. The normalized spacial score (nSPS) is 10.1. The molecule has 1 amide bonds. The summed E-state index contributed by atoms with van der Waals surface area (Å²) >= 11 is 0. The van der Waals surface area contributed by atoms with Crippen molar-refractivity contribution in [3.05, 3.63) is 35.7 Å². The van der Waals surface area contributed by atoms with Crippen molar-refractivity contribution >= 4 is 11.6 Å². The van der Waals surface area contributed by atoms with Crippen LogP contribution in [0.4, 0.5) is 5.69 Å². The molecular formula is C10H12N6O2. The van der Waals surface area contributed by atoms with Gasteiger partial charge in [-0.3, -0.25) is 15.6 Å². The summed E-state index contributed by atoms with van der Waals surface area (Å²) in [6.45, 7) is 1.98. The van der Waals surface area contributed by atoms with Crippen LogP contribution in [0, 0.1) is 6.92 Å². The van der Waals surface area contributed by atoms with Crippen LogP contribution >= 0.6 is 0 Å². The number of hydrogen-bond acceptors (Lipinski definition) is 7. The van der Waals surface area contributed by atoms with E-state index in [1.807, 2.05) is 6.92 Å². The average molecular weight is 248 g/mol. The molecule has 0 saturated carbocycles. The van der Waals surface area contributed by atoms with Crippen LogP contribution in [-0.2, 0) is 6.54 Å². The van der Waals surface area contributed by atoms with Gasteiger partial charge in [0.05, 0.1) is 17.8 Å². The summed E-state index contributed by atoms with van der Waals surface area (Å²) in [6.07, 6.45) is 2.65. The fourth-order valence-corrected chi connectivity index (χ4v) is 1.39. The molecule has 0 saturated heterocycles. The second-order valence-electron chi connectivity index (χ2n) is 3.55. The van der Waals surface area contributed by atoms with Gasteiger partial charge in [0, 0.05) is 11.9 Å². The van der Waals surface area contributed by atoms with Gasteiger partial charge >= 0.3 is 0 Å². The van der Waals surface area contributed by atoms with Gasteiger partial charge in [0.2, 0.25) is 6.39 Å². The minimum atomic E-state index is -0.319. The standard InChI is InChI=1S/C10H12N6O2/c1-6-2-8(15-11)7(3-12-6)10(17)13-4-9-14-5-18-16-9/h2-3,5H,4,11H2,1H3,(H,12,15)(H,13,17). The number of aromatic nitrogens is 3. The lowest BCUT2D eigenvalue weighted by molar-refractivity contribution is 0.0950. The fourth-order valence-electron chi connectivity index (χ4n) is 1.39. The summed E-state index contributed by atoms with van der Waals surface area (Å²) in [5.41, 5.74) is 4.08. The third kappa shape index (κ3) is 2.61. The molecule has 0 bridgehead atoms. The lowest BCUT2D eigenvalue weighted by atomic mass is 10.2. The first kappa shape index (κ1) is 12.0. The van der Waals surface area contributed by atoms with E-state index in [4.69, 9.17) is 5.84 Å². The van der Waals surface area contributed by atoms with Crippen molar-refractivity contribution in [3.63, 3.8) is 0 Å². The summed E-state index contributed by atoms with van der Waals surface area (Å²) in [7, 11) is 0. The van der Waals surface area contributed by atoms with Gasteiger partial charge in [-0.15, -0.1) is 0 Å². The molecule has 0 spiro atoms. The van der Waals surface area contributed by atoms with Crippen molar-refractivity contribution in [1.82, 2.24) is 20.4 Å². The van der Waals surface area contributed by atoms with Crippen LogP contribution in [0.15, 0.2) is 23.2 Å². The van der Waals surface area contributed by atoms with Gasteiger partial charge < -0.3 is 15.3 Å². The first-order valence-electron chi connectivity index (χ1n) is 5.17. The van der Waals surface area contributed by atoms with Crippen LogP contribution in [-0.4, -0.2) is 21.0 Å². The predicted molar refractivity (Wildman–Crippen MR) is 62.3 cm³/mol. The average Bonchev–Trinajstić information content (AvgIpc) is 2.88. The number of pyridine rings is 1. The Kier molecular flexibility index (Phi) is 3.49. The molecule has 0 fully saturated rings. The van der Waals surface area contributed by atoms with E-state index in [1.165, 1.54) is 12.6 Å². The molecule has 0 radical (unpaired) electrons. The van der Waals surface area contributed by atoms with E-state index in [2.05, 4.69) is 30.4 Å². The summed E-state index contributed by atoms with van der Waals surface area (Å²) < 4.78 is 4.56. The quantitative estimate of drug-likeness (QED) is 0.514. The smallest absolute Gasteiger partial charge is 0.255 e. The molecule has 2 aromatic rings. The Hall–Kier alpha value is -2.48. The minimum absolute atomic E-state index is 0.174. The zero-order valence-corrected chi connectivity index (χ0v) is 9.67. The third-order valence-corrected chi connectivity index (χ3v) is 2.25. The van der Waals surface area contributed by atoms with Crippen LogP contribution in [0.2, 0.25) is 0 Å². The van der Waals surface area contributed by atoms with Crippen LogP contribution in [0.3, 0.4) is 0 Å². The maximum absolute atomic E-state index is 11.9. The Morgan fingerprint density at radius 1 is 1.50 bits per heavy atom. The van der Waals surface area contributed by atoms with Crippen molar-refractivity contribution in [2.75, 3.05) is 5.43 Å². The zero-order valence-electron chi connectivity index (χ0n) is 9.67. The first-order chi connectivity index (χ1) is 8.70. The number of nitrogens with two attached hydrogens (primary N) is 1. The summed E-state index contributed by atoms with van der Waals surface area (Å²) in [5.74, 6) is 5.43.